The van der Waals surface area contributed by atoms with E-state index in [0.29, 0.717) is 0 Å². The summed E-state index contributed by atoms with van der Waals surface area (Å²) in [6.07, 6.45) is 4.84. The van der Waals surface area contributed by atoms with Gasteiger partial charge < -0.3 is 10.6 Å². The summed E-state index contributed by atoms with van der Waals surface area (Å²) in [5.41, 5.74) is 4.98. The van der Waals surface area contributed by atoms with Gasteiger partial charge in [0.05, 0.1) is 10.7 Å². The van der Waals surface area contributed by atoms with Crippen molar-refractivity contribution in [1.82, 2.24) is 10.3 Å². The first-order valence-electron chi connectivity index (χ1n) is 7.49. The second-order valence-corrected chi connectivity index (χ2v) is 5.72. The molecule has 0 amide bonds. The minimum atomic E-state index is 0. The summed E-state index contributed by atoms with van der Waals surface area (Å²) < 4.78 is 0. The summed E-state index contributed by atoms with van der Waals surface area (Å²) in [6, 6.07) is 10.2. The number of pyridine rings is 1. The van der Waals surface area contributed by atoms with Crippen LogP contribution in [0.3, 0.4) is 0 Å². The molecule has 1 aliphatic heterocycles. The average Bonchev–Trinajstić information content (AvgIpc) is 2.76. The van der Waals surface area contributed by atoms with Crippen molar-refractivity contribution in [3.05, 3.63) is 58.4 Å². The van der Waals surface area contributed by atoms with Gasteiger partial charge in [0, 0.05) is 24.9 Å². The van der Waals surface area contributed by atoms with Crippen LogP contribution in [0.15, 0.2) is 36.5 Å². The minimum Gasteiger partial charge on any atom is -0.383 e. The number of hydrogen-bond acceptors (Lipinski definition) is 3. The van der Waals surface area contributed by atoms with Crippen LogP contribution in [0.5, 0.6) is 0 Å². The lowest BCUT2D eigenvalue weighted by Gasteiger charge is -2.16. The topological polar surface area (TPSA) is 37.0 Å². The lowest BCUT2D eigenvalue weighted by molar-refractivity contribution is 0.711. The molecule has 0 bridgehead atoms. The van der Waals surface area contributed by atoms with Crippen LogP contribution in [-0.2, 0) is 19.3 Å². The van der Waals surface area contributed by atoms with E-state index in [-0.39, 0.29) is 12.4 Å². The zero-order chi connectivity index (χ0) is 14.5. The number of benzene rings is 1. The van der Waals surface area contributed by atoms with Gasteiger partial charge in [-0.1, -0.05) is 23.7 Å². The van der Waals surface area contributed by atoms with Gasteiger partial charge in [0.15, 0.2) is 0 Å². The lowest BCUT2D eigenvalue weighted by atomic mass is 10.0. The molecular weight excluding hydrogens is 317 g/mol. The van der Waals surface area contributed by atoms with Gasteiger partial charge in [-0.3, -0.25) is 4.98 Å². The molecule has 3 nitrogen and oxygen atoms in total. The maximum atomic E-state index is 6.40. The quantitative estimate of drug-likeness (QED) is 0.896. The Morgan fingerprint density at radius 1 is 1.14 bits per heavy atom. The van der Waals surface area contributed by atoms with Crippen LogP contribution in [0.4, 0.5) is 5.69 Å². The molecule has 22 heavy (non-hydrogen) atoms. The van der Waals surface area contributed by atoms with Crippen LogP contribution >= 0.6 is 24.0 Å². The molecule has 0 aliphatic carbocycles. The van der Waals surface area contributed by atoms with Gasteiger partial charge >= 0.3 is 0 Å². The normalized spacial score (nSPS) is 13.7. The van der Waals surface area contributed by atoms with Crippen LogP contribution in [0.2, 0.25) is 5.02 Å². The van der Waals surface area contributed by atoms with Crippen molar-refractivity contribution in [3.63, 3.8) is 0 Å². The van der Waals surface area contributed by atoms with Crippen molar-refractivity contribution in [3.8, 4) is 0 Å². The molecule has 2 heterocycles. The highest BCUT2D eigenvalue weighted by Crippen LogP contribution is 2.30. The Labute approximate surface area is 142 Å². The summed E-state index contributed by atoms with van der Waals surface area (Å²) in [4.78, 5) is 4.35. The Balaban J connectivity index is 0.00000176. The van der Waals surface area contributed by atoms with Gasteiger partial charge in [0.1, 0.15) is 0 Å². The van der Waals surface area contributed by atoms with Gasteiger partial charge in [-0.25, -0.2) is 0 Å². The maximum absolute atomic E-state index is 6.40. The maximum Gasteiger partial charge on any atom is 0.0640 e. The second kappa shape index (κ2) is 8.37. The lowest BCUT2D eigenvalue weighted by Crippen LogP contribution is -2.16. The summed E-state index contributed by atoms with van der Waals surface area (Å²) >= 11 is 6.40. The molecular formula is C17H21Cl2N3. The number of nitrogens with zero attached hydrogens (tertiary/aromatic N) is 1. The number of aromatic nitrogens is 1. The Morgan fingerprint density at radius 2 is 2.00 bits per heavy atom. The third-order valence-electron chi connectivity index (χ3n) is 3.89. The van der Waals surface area contributed by atoms with Crippen LogP contribution in [0, 0.1) is 0 Å². The first-order chi connectivity index (χ1) is 10.3. The molecule has 2 aromatic rings. The summed E-state index contributed by atoms with van der Waals surface area (Å²) in [7, 11) is 0. The van der Waals surface area contributed by atoms with E-state index in [1.807, 2.05) is 24.4 Å². The number of anilines is 1. The van der Waals surface area contributed by atoms with Crippen LogP contribution in [-0.4, -0.2) is 24.6 Å². The molecule has 0 saturated carbocycles. The van der Waals surface area contributed by atoms with Gasteiger partial charge in [0.25, 0.3) is 0 Å². The van der Waals surface area contributed by atoms with E-state index >= 15 is 0 Å². The SMILES string of the molecule is Cl.Clc1ccc2c(c1NCCc1ccccn1)CCNCC2. The Kier molecular flexibility index (Phi) is 6.49. The van der Waals surface area contributed by atoms with Crippen molar-refractivity contribution in [2.24, 2.45) is 0 Å². The zero-order valence-electron chi connectivity index (χ0n) is 12.4. The van der Waals surface area contributed by atoms with Crippen LogP contribution < -0.4 is 10.6 Å². The molecule has 3 rings (SSSR count). The molecule has 0 fully saturated rings. The Bertz CT molecular complexity index is 602. The molecule has 1 aromatic heterocycles. The highest BCUT2D eigenvalue weighted by Gasteiger charge is 2.14. The number of rotatable bonds is 4. The van der Waals surface area contributed by atoms with Gasteiger partial charge in [-0.05, 0) is 55.3 Å². The number of halogens is 2. The van der Waals surface area contributed by atoms with E-state index in [9.17, 15) is 0 Å². The Morgan fingerprint density at radius 3 is 2.82 bits per heavy atom. The van der Waals surface area contributed by atoms with Crippen molar-refractivity contribution < 1.29 is 0 Å². The van der Waals surface area contributed by atoms with E-state index in [2.05, 4.69) is 27.8 Å². The second-order valence-electron chi connectivity index (χ2n) is 5.31. The van der Waals surface area contributed by atoms with Gasteiger partial charge in [0.2, 0.25) is 0 Å². The van der Waals surface area contributed by atoms with Crippen molar-refractivity contribution in [2.45, 2.75) is 19.3 Å². The molecule has 0 atom stereocenters. The number of fused-ring (bicyclic) bond motifs is 1. The molecule has 1 aromatic carbocycles. The first kappa shape index (κ1) is 17.1. The number of nitrogens with one attached hydrogen (secondary N) is 2. The minimum absolute atomic E-state index is 0. The van der Waals surface area contributed by atoms with Crippen molar-refractivity contribution in [2.75, 3.05) is 25.0 Å². The highest BCUT2D eigenvalue weighted by atomic mass is 35.5. The average molecular weight is 338 g/mol. The molecule has 0 radical (unpaired) electrons. The molecule has 118 valence electrons. The first-order valence-corrected chi connectivity index (χ1v) is 7.87. The summed E-state index contributed by atoms with van der Waals surface area (Å²) in [6.45, 7) is 2.91. The molecule has 0 unspecified atom stereocenters. The standard InChI is InChI=1S/C17H20ClN3.ClH/c18-16-5-4-13-6-10-19-11-8-15(13)17(16)21-12-7-14-3-1-2-9-20-14;/h1-5,9,19,21H,6-8,10-12H2;1H. The number of hydrogen-bond donors (Lipinski definition) is 2. The fourth-order valence-electron chi connectivity index (χ4n) is 2.80. The van der Waals surface area contributed by atoms with Crippen molar-refractivity contribution >= 4 is 29.7 Å². The third-order valence-corrected chi connectivity index (χ3v) is 4.21. The third kappa shape index (κ3) is 4.13. The molecule has 0 saturated heterocycles. The molecule has 1 aliphatic rings. The molecule has 2 N–H and O–H groups in total. The van der Waals surface area contributed by atoms with E-state index in [4.69, 9.17) is 11.6 Å². The smallest absolute Gasteiger partial charge is 0.0640 e. The van der Waals surface area contributed by atoms with Gasteiger partial charge in [-0.2, -0.15) is 0 Å². The van der Waals surface area contributed by atoms with E-state index in [1.165, 1.54) is 11.1 Å². The highest BCUT2D eigenvalue weighted by molar-refractivity contribution is 6.33. The van der Waals surface area contributed by atoms with E-state index in [0.717, 1.165) is 55.3 Å². The predicted octanol–water partition coefficient (Wildman–Crippen LogP) is 3.50. The largest absolute Gasteiger partial charge is 0.383 e. The summed E-state index contributed by atoms with van der Waals surface area (Å²) in [5, 5.41) is 7.78. The van der Waals surface area contributed by atoms with E-state index < -0.39 is 0 Å². The van der Waals surface area contributed by atoms with Crippen LogP contribution in [0.25, 0.3) is 0 Å². The fraction of sp³-hybridized carbons (Fsp3) is 0.353. The molecule has 0 spiro atoms. The monoisotopic (exact) mass is 337 g/mol. The Hall–Kier alpha value is -1.29. The zero-order valence-corrected chi connectivity index (χ0v) is 14.0. The van der Waals surface area contributed by atoms with Gasteiger partial charge in [-0.15, -0.1) is 12.4 Å². The van der Waals surface area contributed by atoms with E-state index in [1.54, 1.807) is 0 Å². The molecule has 5 heteroatoms. The predicted molar refractivity (Wildman–Crippen MR) is 95.4 cm³/mol. The summed E-state index contributed by atoms with van der Waals surface area (Å²) in [5.74, 6) is 0. The van der Waals surface area contributed by atoms with Crippen molar-refractivity contribution in [1.29, 1.82) is 0 Å². The van der Waals surface area contributed by atoms with Crippen LogP contribution in [0.1, 0.15) is 16.8 Å². The fourth-order valence-corrected chi connectivity index (χ4v) is 3.04.